The van der Waals surface area contributed by atoms with E-state index in [2.05, 4.69) is 46.0 Å². The van der Waals surface area contributed by atoms with Crippen molar-refractivity contribution in [2.45, 2.75) is 77.2 Å². The number of fused-ring (bicyclic) bond motifs is 1. The van der Waals surface area contributed by atoms with Crippen molar-refractivity contribution in [3.8, 4) is 0 Å². The van der Waals surface area contributed by atoms with Crippen molar-refractivity contribution < 1.29 is 0 Å². The Morgan fingerprint density at radius 3 is 2.45 bits per heavy atom. The summed E-state index contributed by atoms with van der Waals surface area (Å²) in [7, 11) is 0. The fraction of sp³-hybridized carbons (Fsp3) is 0.720. The fourth-order valence-electron chi connectivity index (χ4n) is 5.50. The molecule has 4 rings (SSSR count). The van der Waals surface area contributed by atoms with Gasteiger partial charge in [0.15, 0.2) is 0 Å². The average Bonchev–Trinajstić information content (AvgIpc) is 3.09. The van der Waals surface area contributed by atoms with Gasteiger partial charge in [-0.15, -0.1) is 0 Å². The van der Waals surface area contributed by atoms with Crippen LogP contribution in [0.2, 0.25) is 0 Å². The smallest absolute Gasteiger partial charge is 0.111 e. The van der Waals surface area contributed by atoms with E-state index in [-0.39, 0.29) is 0 Å². The molecule has 2 aromatic rings. The van der Waals surface area contributed by atoms with Crippen LogP contribution in [0.5, 0.6) is 0 Å². The number of aromatic nitrogens is 2. The van der Waals surface area contributed by atoms with Crippen molar-refractivity contribution in [3.05, 3.63) is 30.1 Å². The van der Waals surface area contributed by atoms with Crippen molar-refractivity contribution in [3.63, 3.8) is 0 Å². The highest BCUT2D eigenvalue weighted by Crippen LogP contribution is 2.30. The first-order valence-corrected chi connectivity index (χ1v) is 12.2. The van der Waals surface area contributed by atoms with Crippen molar-refractivity contribution in [2.75, 3.05) is 32.7 Å². The minimum Gasteiger partial charge on any atom is -0.325 e. The molecule has 1 N–H and O–H groups in total. The molecule has 0 atom stereocenters. The molecular weight excluding hydrogens is 356 g/mol. The summed E-state index contributed by atoms with van der Waals surface area (Å²) >= 11 is 0. The highest BCUT2D eigenvalue weighted by molar-refractivity contribution is 5.76. The van der Waals surface area contributed by atoms with E-state index >= 15 is 0 Å². The van der Waals surface area contributed by atoms with Crippen LogP contribution in [-0.4, -0.2) is 47.2 Å². The third-order valence-electron chi connectivity index (χ3n) is 7.11. The quantitative estimate of drug-likeness (QED) is 0.654. The maximum Gasteiger partial charge on any atom is 0.111 e. The molecule has 1 saturated carbocycles. The highest BCUT2D eigenvalue weighted by Gasteiger charge is 2.25. The van der Waals surface area contributed by atoms with Crippen molar-refractivity contribution in [2.24, 2.45) is 5.92 Å². The van der Waals surface area contributed by atoms with Crippen molar-refractivity contribution in [1.29, 1.82) is 0 Å². The Hall–Kier alpha value is -1.39. The zero-order chi connectivity index (χ0) is 19.9. The number of likely N-dealkylation sites (tertiary alicyclic amines) is 1. The van der Waals surface area contributed by atoms with Crippen LogP contribution in [0.1, 0.15) is 76.6 Å². The third-order valence-corrected chi connectivity index (χ3v) is 7.11. The van der Waals surface area contributed by atoms with Crippen LogP contribution in [0.15, 0.2) is 24.3 Å². The van der Waals surface area contributed by atoms with Gasteiger partial charge < -0.3 is 14.8 Å². The maximum absolute atomic E-state index is 5.00. The topological polar surface area (TPSA) is 33.1 Å². The Kier molecular flexibility index (Phi) is 7.61. The largest absolute Gasteiger partial charge is 0.325 e. The molecular formula is C25H40N4. The summed E-state index contributed by atoms with van der Waals surface area (Å²) in [5, 5.41) is 3.47. The molecule has 1 aliphatic carbocycles. The second kappa shape index (κ2) is 10.6. The van der Waals surface area contributed by atoms with Gasteiger partial charge in [0, 0.05) is 38.6 Å². The van der Waals surface area contributed by atoms with Gasteiger partial charge in [-0.2, -0.15) is 0 Å². The third kappa shape index (κ3) is 5.40. The minimum atomic E-state index is 0.604. The summed E-state index contributed by atoms with van der Waals surface area (Å²) in [6.45, 7) is 8.06. The second-order valence-electron chi connectivity index (χ2n) is 9.23. The van der Waals surface area contributed by atoms with Gasteiger partial charge in [0.1, 0.15) is 5.82 Å². The Bertz CT molecular complexity index is 736. The van der Waals surface area contributed by atoms with Gasteiger partial charge in [0.2, 0.25) is 0 Å². The van der Waals surface area contributed by atoms with Gasteiger partial charge in [-0.1, -0.05) is 51.2 Å². The van der Waals surface area contributed by atoms with E-state index in [9.17, 15) is 0 Å². The number of para-hydroxylation sites is 2. The molecule has 2 heterocycles. The van der Waals surface area contributed by atoms with Crippen molar-refractivity contribution >= 4 is 11.0 Å². The van der Waals surface area contributed by atoms with E-state index in [4.69, 9.17) is 4.98 Å². The molecule has 0 unspecified atom stereocenters. The van der Waals surface area contributed by atoms with E-state index in [1.54, 1.807) is 0 Å². The van der Waals surface area contributed by atoms with E-state index in [0.29, 0.717) is 6.04 Å². The lowest BCUT2D eigenvalue weighted by molar-refractivity contribution is 0.152. The number of rotatable bonds is 7. The van der Waals surface area contributed by atoms with Gasteiger partial charge in [0.25, 0.3) is 0 Å². The predicted octanol–water partition coefficient (Wildman–Crippen LogP) is 5.19. The Morgan fingerprint density at radius 2 is 1.69 bits per heavy atom. The first kappa shape index (κ1) is 20.9. The number of benzene rings is 1. The standard InChI is InChI=1S/C25H40N4/c1-2-26-17-14-25-27-23-12-8-9-13-24(23)29(25)22-15-18-28(19-16-22)20-21-10-6-4-3-5-7-11-21/h8-9,12-13,21-22,26H,2-7,10-11,14-20H2,1H3. The summed E-state index contributed by atoms with van der Waals surface area (Å²) in [6, 6.07) is 9.32. The zero-order valence-corrected chi connectivity index (χ0v) is 18.4. The number of hydrogen-bond acceptors (Lipinski definition) is 3. The molecule has 0 spiro atoms. The molecule has 1 aliphatic heterocycles. The van der Waals surface area contributed by atoms with Crippen LogP contribution in [0.3, 0.4) is 0 Å². The lowest BCUT2D eigenvalue weighted by atomic mass is 9.90. The Morgan fingerprint density at radius 1 is 0.966 bits per heavy atom. The number of nitrogens with one attached hydrogen (secondary N) is 1. The van der Waals surface area contributed by atoms with Gasteiger partial charge in [-0.3, -0.25) is 0 Å². The molecule has 2 aliphatic rings. The van der Waals surface area contributed by atoms with Gasteiger partial charge in [-0.25, -0.2) is 4.98 Å². The summed E-state index contributed by atoms with van der Waals surface area (Å²) in [5.74, 6) is 2.21. The molecule has 1 aromatic carbocycles. The number of piperidine rings is 1. The van der Waals surface area contributed by atoms with Crippen LogP contribution in [0, 0.1) is 5.92 Å². The van der Waals surface area contributed by atoms with E-state index < -0.39 is 0 Å². The number of likely N-dealkylation sites (N-methyl/N-ethyl adjacent to an activating group) is 1. The minimum absolute atomic E-state index is 0.604. The molecule has 4 nitrogen and oxygen atoms in total. The average molecular weight is 397 g/mol. The summed E-state index contributed by atoms with van der Waals surface area (Å²) in [5.41, 5.74) is 2.49. The maximum atomic E-state index is 5.00. The normalized spacial score (nSPS) is 20.7. The molecule has 0 amide bonds. The molecule has 0 bridgehead atoms. The number of hydrogen-bond donors (Lipinski definition) is 1. The van der Waals surface area contributed by atoms with Crippen LogP contribution in [0.4, 0.5) is 0 Å². The molecule has 2 fully saturated rings. The molecule has 29 heavy (non-hydrogen) atoms. The van der Waals surface area contributed by atoms with Gasteiger partial charge >= 0.3 is 0 Å². The van der Waals surface area contributed by atoms with E-state index in [1.165, 1.54) is 88.8 Å². The lowest BCUT2D eigenvalue weighted by Crippen LogP contribution is -2.38. The number of imidazole rings is 1. The SMILES string of the molecule is CCNCCc1nc2ccccc2n1C1CCN(CC2CCCCCCC2)CC1. The fourth-order valence-corrected chi connectivity index (χ4v) is 5.50. The summed E-state index contributed by atoms with van der Waals surface area (Å²) < 4.78 is 2.58. The Balaban J connectivity index is 1.39. The van der Waals surface area contributed by atoms with E-state index in [1.807, 2.05) is 0 Å². The number of nitrogens with zero attached hydrogens (tertiary/aromatic N) is 3. The molecule has 160 valence electrons. The van der Waals surface area contributed by atoms with Gasteiger partial charge in [0.05, 0.1) is 11.0 Å². The van der Waals surface area contributed by atoms with Crippen LogP contribution in [-0.2, 0) is 6.42 Å². The first-order valence-electron chi connectivity index (χ1n) is 12.2. The highest BCUT2D eigenvalue weighted by atomic mass is 15.2. The summed E-state index contributed by atoms with van der Waals surface area (Å²) in [6.07, 6.45) is 13.8. The molecule has 4 heteroatoms. The monoisotopic (exact) mass is 396 g/mol. The van der Waals surface area contributed by atoms with E-state index in [0.717, 1.165) is 30.9 Å². The molecule has 0 radical (unpaired) electrons. The second-order valence-corrected chi connectivity index (χ2v) is 9.23. The molecule has 1 saturated heterocycles. The van der Waals surface area contributed by atoms with Crippen molar-refractivity contribution in [1.82, 2.24) is 19.8 Å². The van der Waals surface area contributed by atoms with Crippen LogP contribution >= 0.6 is 0 Å². The van der Waals surface area contributed by atoms with Crippen LogP contribution < -0.4 is 5.32 Å². The van der Waals surface area contributed by atoms with Crippen LogP contribution in [0.25, 0.3) is 11.0 Å². The summed E-state index contributed by atoms with van der Waals surface area (Å²) in [4.78, 5) is 7.77. The molecule has 1 aromatic heterocycles. The predicted molar refractivity (Wildman–Crippen MR) is 123 cm³/mol. The first-order chi connectivity index (χ1) is 14.3. The zero-order valence-electron chi connectivity index (χ0n) is 18.4. The Labute approximate surface area is 177 Å². The van der Waals surface area contributed by atoms with Gasteiger partial charge in [-0.05, 0) is 50.3 Å². The lowest BCUT2D eigenvalue weighted by Gasteiger charge is -2.36.